The van der Waals surface area contributed by atoms with Crippen LogP contribution in [0.15, 0.2) is 84.9 Å². The van der Waals surface area contributed by atoms with Crippen molar-refractivity contribution < 1.29 is 56.9 Å². The van der Waals surface area contributed by atoms with Gasteiger partial charge in [0.25, 0.3) is 14.3 Å². The van der Waals surface area contributed by atoms with Crippen LogP contribution in [0.25, 0.3) is 10.9 Å². The highest BCUT2D eigenvalue weighted by Crippen LogP contribution is 2.43. The third-order valence-corrected chi connectivity index (χ3v) is 12.8. The van der Waals surface area contributed by atoms with Gasteiger partial charge in [-0.2, -0.15) is 0 Å². The maximum Gasteiger partial charge on any atom is 0.313 e. The molecule has 0 spiro atoms. The second-order valence-electron chi connectivity index (χ2n) is 19.4. The molecule has 3 aromatic carbocycles. The lowest BCUT2D eigenvalue weighted by Gasteiger charge is -2.28. The Hall–Kier alpha value is -6.53. The Morgan fingerprint density at radius 1 is 0.803 bits per heavy atom. The van der Waals surface area contributed by atoms with Crippen LogP contribution in [0.5, 0.6) is 0 Å². The lowest BCUT2D eigenvalue weighted by Crippen LogP contribution is -2.53. The Morgan fingerprint density at radius 2 is 1.39 bits per heavy atom. The van der Waals surface area contributed by atoms with Crippen molar-refractivity contribution in [2.45, 2.75) is 111 Å². The number of esters is 2. The SMILES string of the molecule is CC(CNCCC1CCC(C(=O)NC(CCC(N)=O)C(=O)NC(c2ccccc2)c2ccccc2)N1C=O)NC(=O)c1cc2cc(C(=O)P(OCOC(=O)C(C)(C)C)OCOC(=O)C(C)(C)C)ccc2[nH]1. The topological polar surface area (TPSA) is 267 Å². The zero-order valence-corrected chi connectivity index (χ0v) is 42.2. The van der Waals surface area contributed by atoms with Gasteiger partial charge in [0, 0.05) is 41.5 Å². The van der Waals surface area contributed by atoms with Crippen molar-refractivity contribution in [1.29, 1.82) is 0 Å². The molecule has 1 saturated heterocycles. The van der Waals surface area contributed by atoms with Gasteiger partial charge >= 0.3 is 11.9 Å². The number of hydrogen-bond acceptors (Lipinski definition) is 13. The van der Waals surface area contributed by atoms with E-state index in [1.165, 1.54) is 11.0 Å². The van der Waals surface area contributed by atoms with E-state index in [1.54, 1.807) is 59.7 Å². The average Bonchev–Trinajstić information content (AvgIpc) is 3.96. The summed E-state index contributed by atoms with van der Waals surface area (Å²) in [6.07, 6.45) is 1.89. The summed E-state index contributed by atoms with van der Waals surface area (Å²) in [7, 11) is -2.40. The smallest absolute Gasteiger partial charge is 0.313 e. The number of fused-ring (bicyclic) bond motifs is 1. The first-order chi connectivity index (χ1) is 33.7. The van der Waals surface area contributed by atoms with Crippen molar-refractivity contribution in [2.24, 2.45) is 16.6 Å². The second kappa shape index (κ2) is 25.5. The fraction of sp³-hybridized carbons (Fsp3) is 0.451. The van der Waals surface area contributed by atoms with Gasteiger partial charge < -0.3 is 46.4 Å². The third kappa shape index (κ3) is 16.3. The minimum atomic E-state index is -2.40. The van der Waals surface area contributed by atoms with Crippen molar-refractivity contribution in [2.75, 3.05) is 26.7 Å². The molecule has 1 aliphatic rings. The molecule has 382 valence electrons. The predicted octanol–water partition coefficient (Wildman–Crippen LogP) is 5.49. The molecular formula is C51H66N7O12P. The van der Waals surface area contributed by atoms with Gasteiger partial charge in [-0.3, -0.25) is 47.4 Å². The molecule has 20 heteroatoms. The van der Waals surface area contributed by atoms with Crippen LogP contribution in [0.2, 0.25) is 0 Å². The number of nitrogens with one attached hydrogen (secondary N) is 5. The fourth-order valence-electron chi connectivity index (χ4n) is 7.61. The number of carbonyl (C=O) groups excluding carboxylic acids is 8. The molecular weight excluding hydrogens is 934 g/mol. The van der Waals surface area contributed by atoms with E-state index < -0.39 is 92.0 Å². The summed E-state index contributed by atoms with van der Waals surface area (Å²) in [5.74, 6) is -3.13. The highest BCUT2D eigenvalue weighted by atomic mass is 31.2. The Bertz CT molecular complexity index is 2420. The molecule has 0 radical (unpaired) electrons. The van der Waals surface area contributed by atoms with Crippen LogP contribution in [0.1, 0.15) is 119 Å². The highest BCUT2D eigenvalue weighted by Gasteiger charge is 2.38. The van der Waals surface area contributed by atoms with Gasteiger partial charge in [0.2, 0.25) is 29.7 Å². The van der Waals surface area contributed by atoms with E-state index in [4.69, 9.17) is 24.3 Å². The molecule has 4 atom stereocenters. The van der Waals surface area contributed by atoms with Crippen LogP contribution < -0.4 is 27.0 Å². The Balaban J connectivity index is 1.12. The van der Waals surface area contributed by atoms with Crippen LogP contribution in [0.4, 0.5) is 0 Å². The maximum absolute atomic E-state index is 13.8. The Kier molecular flexibility index (Phi) is 19.9. The van der Waals surface area contributed by atoms with Gasteiger partial charge in [-0.1, -0.05) is 60.7 Å². The molecule has 4 unspecified atom stereocenters. The number of primary amides is 1. The molecule has 19 nitrogen and oxygen atoms in total. The summed E-state index contributed by atoms with van der Waals surface area (Å²) in [5.41, 5.74) is 5.90. The number of aromatic amines is 1. The van der Waals surface area contributed by atoms with E-state index in [0.29, 0.717) is 49.7 Å². The predicted molar refractivity (Wildman–Crippen MR) is 265 cm³/mol. The summed E-state index contributed by atoms with van der Waals surface area (Å²) in [4.78, 5) is 108. The molecule has 1 aromatic heterocycles. The summed E-state index contributed by atoms with van der Waals surface area (Å²) >= 11 is 0. The van der Waals surface area contributed by atoms with Gasteiger partial charge in [0.1, 0.15) is 17.8 Å². The van der Waals surface area contributed by atoms with Gasteiger partial charge in [0.15, 0.2) is 13.6 Å². The van der Waals surface area contributed by atoms with Crippen LogP contribution in [-0.4, -0.2) is 108 Å². The van der Waals surface area contributed by atoms with Crippen LogP contribution in [0, 0.1) is 10.8 Å². The number of aromatic nitrogens is 1. The summed E-state index contributed by atoms with van der Waals surface area (Å²) in [6.45, 7) is 11.5. The summed E-state index contributed by atoms with van der Waals surface area (Å²) in [5, 5.41) is 12.6. The lowest BCUT2D eigenvalue weighted by atomic mass is 9.98. The maximum atomic E-state index is 13.8. The van der Waals surface area contributed by atoms with Gasteiger partial charge in [-0.15, -0.1) is 0 Å². The van der Waals surface area contributed by atoms with Gasteiger partial charge in [0.05, 0.1) is 16.9 Å². The zero-order chi connectivity index (χ0) is 51.9. The monoisotopic (exact) mass is 999 g/mol. The van der Waals surface area contributed by atoms with E-state index in [0.717, 1.165) is 11.1 Å². The zero-order valence-electron chi connectivity index (χ0n) is 41.3. The summed E-state index contributed by atoms with van der Waals surface area (Å²) < 4.78 is 21.5. The Morgan fingerprint density at radius 3 is 1.94 bits per heavy atom. The van der Waals surface area contributed by atoms with Crippen molar-refractivity contribution in [1.82, 2.24) is 31.2 Å². The van der Waals surface area contributed by atoms with Crippen LogP contribution in [0.3, 0.4) is 0 Å². The number of nitrogens with zero attached hydrogens (tertiary/aromatic N) is 1. The van der Waals surface area contributed by atoms with Crippen molar-refractivity contribution in [3.8, 4) is 0 Å². The largest absolute Gasteiger partial charge is 0.438 e. The fourth-order valence-corrected chi connectivity index (χ4v) is 8.57. The quantitative estimate of drug-likeness (QED) is 0.0158. The van der Waals surface area contributed by atoms with E-state index in [2.05, 4.69) is 26.3 Å². The first kappa shape index (κ1) is 55.4. The molecule has 0 saturated carbocycles. The molecule has 7 N–H and O–H groups in total. The van der Waals surface area contributed by atoms with Gasteiger partial charge in [-0.25, -0.2) is 0 Å². The van der Waals surface area contributed by atoms with E-state index in [9.17, 15) is 38.4 Å². The first-order valence-electron chi connectivity index (χ1n) is 23.5. The van der Waals surface area contributed by atoms with Crippen molar-refractivity contribution in [3.63, 3.8) is 0 Å². The Labute approximate surface area is 414 Å². The second-order valence-corrected chi connectivity index (χ2v) is 20.8. The third-order valence-electron chi connectivity index (χ3n) is 11.5. The number of nitrogens with two attached hydrogens (primary N) is 1. The number of H-pyrrole nitrogens is 1. The van der Waals surface area contributed by atoms with E-state index >= 15 is 0 Å². The van der Waals surface area contributed by atoms with Gasteiger partial charge in [-0.05, 0) is 116 Å². The molecule has 2 heterocycles. The number of hydrogen-bond donors (Lipinski definition) is 6. The molecule has 5 amide bonds. The molecule has 71 heavy (non-hydrogen) atoms. The number of rotatable bonds is 25. The molecule has 5 rings (SSSR count). The van der Waals surface area contributed by atoms with Crippen LogP contribution in [-0.2, 0) is 47.3 Å². The number of benzene rings is 3. The number of ether oxygens (including phenoxy) is 2. The number of amides is 5. The molecule has 1 aliphatic heterocycles. The van der Waals surface area contributed by atoms with E-state index in [-0.39, 0.29) is 36.2 Å². The average molecular weight is 1000 g/mol. The minimum Gasteiger partial charge on any atom is -0.438 e. The standard InChI is InChI=1S/C51H66N7O12P/c1-32(54-45(62)40-27-36-26-35(18-20-38(36)55-40)47(64)71(69-30-67-48(65)50(2,3)4)70-31-68-49(66)51(5,6)7)28-53-25-24-37-19-22-41(58(37)29-59)46(63)56-39(21-23-42(52)60)44(61)57-43(33-14-10-8-11-15-33)34-16-12-9-13-17-34/h8-18,20,26-27,29,32,37,39,41,43,53,55H,19,21-25,28,30-31H2,1-7H3,(H2,52,60)(H,54,62)(H,56,63)(H,57,61). The normalized spacial score (nSPS) is 15.8. The number of carbonyl (C=O) groups is 8. The molecule has 0 bridgehead atoms. The van der Waals surface area contributed by atoms with Crippen molar-refractivity contribution in [3.05, 3.63) is 107 Å². The number of likely N-dealkylation sites (tertiary alicyclic amines) is 1. The molecule has 1 fully saturated rings. The first-order valence-corrected chi connectivity index (χ1v) is 24.6. The highest BCUT2D eigenvalue weighted by molar-refractivity contribution is 7.66. The lowest BCUT2D eigenvalue weighted by molar-refractivity contribution is -0.161. The van der Waals surface area contributed by atoms with Crippen molar-refractivity contribution >= 4 is 66.8 Å². The molecule has 0 aliphatic carbocycles. The summed E-state index contributed by atoms with van der Waals surface area (Å²) in [6, 6.07) is 22.0. The van der Waals surface area contributed by atoms with E-state index in [1.807, 2.05) is 67.6 Å². The molecule has 4 aromatic rings. The van der Waals surface area contributed by atoms with Crippen LogP contribution >= 0.6 is 8.38 Å². The minimum absolute atomic E-state index is 0.0331.